The number of rotatable bonds is 3. The number of hydrogen-bond donors (Lipinski definition) is 1. The number of hydrogen-bond acceptors (Lipinski definition) is 6. The lowest BCUT2D eigenvalue weighted by Crippen LogP contribution is -2.42. The average Bonchev–Trinajstić information content (AvgIpc) is 3.12. The molecule has 0 spiro atoms. The summed E-state index contributed by atoms with van der Waals surface area (Å²) in [7, 11) is 0. The van der Waals surface area contributed by atoms with Crippen LogP contribution in [0.1, 0.15) is 50.0 Å². The number of fused-ring (bicyclic) bond motifs is 3. The lowest BCUT2D eigenvalue weighted by Gasteiger charge is -2.34. The molecule has 0 atom stereocenters. The third-order valence-electron chi connectivity index (χ3n) is 5.44. The van der Waals surface area contributed by atoms with Crippen LogP contribution in [0, 0.1) is 0 Å². The molecule has 1 aliphatic rings. The molecule has 4 rings (SSSR count). The maximum absolute atomic E-state index is 12.4. The lowest BCUT2D eigenvalue weighted by molar-refractivity contribution is 0.0189. The van der Waals surface area contributed by atoms with E-state index < -0.39 is 11.6 Å². The van der Waals surface area contributed by atoms with Gasteiger partial charge in [0.05, 0.1) is 16.6 Å². The van der Waals surface area contributed by atoms with Crippen LogP contribution in [0.2, 0.25) is 0 Å². The smallest absolute Gasteiger partial charge is 0.410 e. The summed E-state index contributed by atoms with van der Waals surface area (Å²) in [6, 6.07) is 3.76. The Labute approximate surface area is 184 Å². The summed E-state index contributed by atoms with van der Waals surface area (Å²) in [6.07, 6.45) is 6.50. The van der Waals surface area contributed by atoms with E-state index in [0.717, 1.165) is 16.4 Å². The molecule has 8 nitrogen and oxygen atoms in total. The molecule has 164 valence electrons. The van der Waals surface area contributed by atoms with Crippen LogP contribution in [0.3, 0.4) is 0 Å². The van der Waals surface area contributed by atoms with Crippen molar-refractivity contribution in [2.24, 2.45) is 0 Å². The van der Waals surface area contributed by atoms with Gasteiger partial charge in [0, 0.05) is 42.3 Å². The number of carbonyl (C=O) groups excluding carboxylic acids is 1. The molecule has 1 N–H and O–H groups in total. The first-order valence-electron chi connectivity index (χ1n) is 10.2. The molecule has 3 aromatic rings. The van der Waals surface area contributed by atoms with E-state index in [4.69, 9.17) is 4.74 Å². The number of thioether (sulfide) groups is 1. The standard InChI is InChI=1S/C22H26N4O4S/c1-22(2,3)30-21(29)25-9-7-14(8-10-25)26-12-16(19(27)28)15-6-5-13-11-23-20(31-4)24-17(13)18(15)26/h5-6,11-12,14H,7-10H2,1-4H3,(H,27,28). The molecule has 9 heteroatoms. The highest BCUT2D eigenvalue weighted by Gasteiger charge is 2.29. The van der Waals surface area contributed by atoms with Crippen molar-refractivity contribution < 1.29 is 19.4 Å². The van der Waals surface area contributed by atoms with Crippen LogP contribution in [0.5, 0.6) is 0 Å². The molecule has 1 amide bonds. The highest BCUT2D eigenvalue weighted by Crippen LogP contribution is 2.34. The molecule has 31 heavy (non-hydrogen) atoms. The Morgan fingerprint density at radius 1 is 1.23 bits per heavy atom. The molecule has 0 aliphatic carbocycles. The van der Waals surface area contributed by atoms with Crippen molar-refractivity contribution in [1.82, 2.24) is 19.4 Å². The zero-order valence-electron chi connectivity index (χ0n) is 18.1. The van der Waals surface area contributed by atoms with Gasteiger partial charge in [0.25, 0.3) is 0 Å². The first kappa shape index (κ1) is 21.4. The number of aromatic carboxylic acids is 1. The van der Waals surface area contributed by atoms with E-state index in [1.54, 1.807) is 17.3 Å². The number of ether oxygens (including phenoxy) is 1. The monoisotopic (exact) mass is 442 g/mol. The number of nitrogens with zero attached hydrogens (tertiary/aromatic N) is 4. The van der Waals surface area contributed by atoms with Crippen molar-refractivity contribution in [2.45, 2.75) is 50.4 Å². The summed E-state index contributed by atoms with van der Waals surface area (Å²) in [5, 5.41) is 11.9. The fraction of sp³-hybridized carbons (Fsp3) is 0.455. The minimum atomic E-state index is -0.964. The number of likely N-dealkylation sites (tertiary alicyclic amines) is 1. The number of benzene rings is 1. The molecule has 0 bridgehead atoms. The van der Waals surface area contributed by atoms with Crippen molar-refractivity contribution in [3.63, 3.8) is 0 Å². The van der Waals surface area contributed by atoms with Crippen molar-refractivity contribution in [1.29, 1.82) is 0 Å². The van der Waals surface area contributed by atoms with Crippen LogP contribution in [-0.2, 0) is 4.74 Å². The fourth-order valence-corrected chi connectivity index (χ4v) is 4.37. The molecule has 2 aromatic heterocycles. The second-order valence-corrected chi connectivity index (χ2v) is 9.48. The minimum Gasteiger partial charge on any atom is -0.478 e. The third-order valence-corrected chi connectivity index (χ3v) is 6.00. The van der Waals surface area contributed by atoms with Gasteiger partial charge in [-0.1, -0.05) is 23.9 Å². The van der Waals surface area contributed by atoms with E-state index in [0.29, 0.717) is 36.5 Å². The normalized spacial score (nSPS) is 15.5. The van der Waals surface area contributed by atoms with Gasteiger partial charge in [-0.3, -0.25) is 0 Å². The SMILES string of the molecule is CSc1ncc2ccc3c(C(=O)O)cn(C4CCN(C(=O)OC(C)(C)C)CC4)c3c2n1. The second kappa shape index (κ2) is 8.03. The molecule has 3 heterocycles. The van der Waals surface area contributed by atoms with Gasteiger partial charge in [0.15, 0.2) is 5.16 Å². The van der Waals surface area contributed by atoms with E-state index in [1.165, 1.54) is 11.8 Å². The maximum atomic E-state index is 12.4. The summed E-state index contributed by atoms with van der Waals surface area (Å²) in [4.78, 5) is 35.1. The highest BCUT2D eigenvalue weighted by atomic mass is 32.2. The maximum Gasteiger partial charge on any atom is 0.410 e. The summed E-state index contributed by atoms with van der Waals surface area (Å²) in [5.41, 5.74) is 1.28. The number of piperidine rings is 1. The largest absolute Gasteiger partial charge is 0.478 e. The summed E-state index contributed by atoms with van der Waals surface area (Å²) in [6.45, 7) is 6.67. The molecule has 1 fully saturated rings. The minimum absolute atomic E-state index is 0.0626. The molecule has 0 radical (unpaired) electrons. The Morgan fingerprint density at radius 2 is 1.94 bits per heavy atom. The second-order valence-electron chi connectivity index (χ2n) is 8.71. The average molecular weight is 443 g/mol. The van der Waals surface area contributed by atoms with Gasteiger partial charge >= 0.3 is 12.1 Å². The third kappa shape index (κ3) is 4.19. The quantitative estimate of drug-likeness (QED) is 0.468. The van der Waals surface area contributed by atoms with Gasteiger partial charge in [-0.05, 0) is 39.9 Å². The molecule has 1 aromatic carbocycles. The zero-order chi connectivity index (χ0) is 22.3. The Bertz CT molecular complexity index is 1160. The van der Waals surface area contributed by atoms with Crippen LogP contribution >= 0.6 is 11.8 Å². The van der Waals surface area contributed by atoms with E-state index >= 15 is 0 Å². The Kier molecular flexibility index (Phi) is 5.55. The molecule has 0 saturated carbocycles. The van der Waals surface area contributed by atoms with Crippen LogP contribution < -0.4 is 0 Å². The van der Waals surface area contributed by atoms with Crippen molar-refractivity contribution in [2.75, 3.05) is 19.3 Å². The molecular weight excluding hydrogens is 416 g/mol. The predicted octanol–water partition coefficient (Wildman–Crippen LogP) is 4.58. The number of carbonyl (C=O) groups is 2. The Balaban J connectivity index is 1.72. The fourth-order valence-electron chi connectivity index (χ4n) is 4.03. The van der Waals surface area contributed by atoms with Gasteiger partial charge in [-0.2, -0.15) is 0 Å². The Hall–Kier alpha value is -2.81. The Morgan fingerprint density at radius 3 is 2.55 bits per heavy atom. The van der Waals surface area contributed by atoms with Crippen LogP contribution in [0.15, 0.2) is 29.7 Å². The highest BCUT2D eigenvalue weighted by molar-refractivity contribution is 7.98. The van der Waals surface area contributed by atoms with Gasteiger partial charge in [-0.25, -0.2) is 19.6 Å². The van der Waals surface area contributed by atoms with Gasteiger partial charge in [-0.15, -0.1) is 0 Å². The van der Waals surface area contributed by atoms with E-state index in [9.17, 15) is 14.7 Å². The molecule has 0 unspecified atom stereocenters. The number of aromatic nitrogens is 3. The van der Waals surface area contributed by atoms with Gasteiger partial charge < -0.3 is 19.3 Å². The molecule has 1 saturated heterocycles. The first-order chi connectivity index (χ1) is 14.7. The van der Waals surface area contributed by atoms with Gasteiger partial charge in [0.2, 0.25) is 0 Å². The van der Waals surface area contributed by atoms with E-state index in [1.807, 2.05) is 43.7 Å². The summed E-state index contributed by atoms with van der Waals surface area (Å²) >= 11 is 1.45. The molecule has 1 aliphatic heterocycles. The van der Waals surface area contributed by atoms with Crippen LogP contribution in [-0.4, -0.2) is 61.6 Å². The number of carboxylic acids is 1. The van der Waals surface area contributed by atoms with E-state index in [2.05, 4.69) is 9.97 Å². The van der Waals surface area contributed by atoms with Crippen LogP contribution in [0.4, 0.5) is 4.79 Å². The summed E-state index contributed by atoms with van der Waals surface area (Å²) in [5.74, 6) is -0.964. The van der Waals surface area contributed by atoms with Crippen LogP contribution in [0.25, 0.3) is 21.8 Å². The van der Waals surface area contributed by atoms with Crippen molar-refractivity contribution >= 4 is 45.6 Å². The van der Waals surface area contributed by atoms with Crippen molar-refractivity contribution in [3.8, 4) is 0 Å². The lowest BCUT2D eigenvalue weighted by atomic mass is 10.0. The van der Waals surface area contributed by atoms with E-state index in [-0.39, 0.29) is 17.7 Å². The predicted molar refractivity (Wildman–Crippen MR) is 120 cm³/mol. The number of carboxylic acid groups (broad SMARTS) is 1. The molecular formula is C22H26N4O4S. The first-order valence-corrected chi connectivity index (χ1v) is 11.5. The summed E-state index contributed by atoms with van der Waals surface area (Å²) < 4.78 is 7.52. The zero-order valence-corrected chi connectivity index (χ0v) is 18.9. The van der Waals surface area contributed by atoms with Crippen molar-refractivity contribution in [3.05, 3.63) is 30.1 Å². The number of amides is 1. The topological polar surface area (TPSA) is 97.6 Å². The van der Waals surface area contributed by atoms with Gasteiger partial charge in [0.1, 0.15) is 5.60 Å².